The molecule has 0 heterocycles. The van der Waals surface area contributed by atoms with Crippen molar-refractivity contribution < 1.29 is 35.7 Å². The van der Waals surface area contributed by atoms with E-state index in [1.807, 2.05) is 0 Å². The second-order valence-corrected chi connectivity index (χ2v) is 6.96. The lowest BCUT2D eigenvalue weighted by Gasteiger charge is -2.13. The van der Waals surface area contributed by atoms with E-state index in [4.69, 9.17) is 0 Å². The van der Waals surface area contributed by atoms with Crippen molar-refractivity contribution in [2.45, 2.75) is 25.7 Å². The van der Waals surface area contributed by atoms with Crippen LogP contribution in [0, 0.1) is 0 Å². The Morgan fingerprint density at radius 1 is 0.379 bits per heavy atom. The van der Waals surface area contributed by atoms with E-state index in [1.54, 1.807) is 6.07 Å². The van der Waals surface area contributed by atoms with Gasteiger partial charge in [-0.1, -0.05) is 0 Å². The Bertz CT molecular complexity index is 924. The summed E-state index contributed by atoms with van der Waals surface area (Å²) in [6, 6.07) is 9.97. The van der Waals surface area contributed by atoms with Crippen molar-refractivity contribution in [1.82, 2.24) is 0 Å². The predicted octanol–water partition coefficient (Wildman–Crippen LogP) is 3.20. The van der Waals surface area contributed by atoms with Gasteiger partial charge in [0.15, 0.2) is 11.5 Å². The van der Waals surface area contributed by atoms with Gasteiger partial charge >= 0.3 is 0 Å². The van der Waals surface area contributed by atoms with Crippen LogP contribution in [0.15, 0.2) is 42.5 Å². The zero-order chi connectivity index (χ0) is 21.1. The monoisotopic (exact) mass is 398 g/mol. The summed E-state index contributed by atoms with van der Waals surface area (Å²) in [6.45, 7) is 0. The van der Waals surface area contributed by atoms with E-state index < -0.39 is 17.2 Å². The zero-order valence-electron chi connectivity index (χ0n) is 15.5. The standard InChI is InChI=1S/C22H22O7/c23-16-5-12(6-17(24)10-16)1-3-14-9-15(21(28)22(29)20(14)27)4-2-13-7-18(25)11-19(26)8-13/h5-11,23-29H,1-4H2. The maximum Gasteiger partial charge on any atom is 0.200 e. The minimum atomic E-state index is -0.616. The molecule has 0 spiro atoms. The molecule has 0 amide bonds. The first-order chi connectivity index (χ1) is 13.7. The van der Waals surface area contributed by atoms with Gasteiger partial charge in [0.2, 0.25) is 5.75 Å². The van der Waals surface area contributed by atoms with Gasteiger partial charge in [-0.2, -0.15) is 0 Å². The van der Waals surface area contributed by atoms with Crippen molar-refractivity contribution >= 4 is 0 Å². The smallest absolute Gasteiger partial charge is 0.200 e. The molecule has 7 heteroatoms. The molecule has 152 valence electrons. The maximum absolute atomic E-state index is 10.2. The Morgan fingerprint density at radius 3 is 1.07 bits per heavy atom. The van der Waals surface area contributed by atoms with Crippen molar-refractivity contribution in [3.8, 4) is 40.2 Å². The van der Waals surface area contributed by atoms with Crippen LogP contribution in [0.25, 0.3) is 0 Å². The molecule has 0 aliphatic rings. The predicted molar refractivity (Wildman–Crippen MR) is 106 cm³/mol. The van der Waals surface area contributed by atoms with Crippen molar-refractivity contribution in [2.75, 3.05) is 0 Å². The molecule has 0 aliphatic heterocycles. The number of aromatic hydroxyl groups is 7. The molecule has 0 saturated carbocycles. The molecule has 29 heavy (non-hydrogen) atoms. The van der Waals surface area contributed by atoms with Gasteiger partial charge < -0.3 is 35.7 Å². The van der Waals surface area contributed by atoms with Crippen LogP contribution >= 0.6 is 0 Å². The van der Waals surface area contributed by atoms with Crippen LogP contribution in [0.1, 0.15) is 22.3 Å². The minimum Gasteiger partial charge on any atom is -0.508 e. The van der Waals surface area contributed by atoms with E-state index in [0.717, 1.165) is 0 Å². The molecule has 0 radical (unpaired) electrons. The van der Waals surface area contributed by atoms with Crippen molar-refractivity contribution in [1.29, 1.82) is 0 Å². The van der Waals surface area contributed by atoms with E-state index in [2.05, 4.69) is 0 Å². The van der Waals surface area contributed by atoms with Gasteiger partial charge in [-0.3, -0.25) is 0 Å². The maximum atomic E-state index is 10.2. The fourth-order valence-electron chi connectivity index (χ4n) is 3.30. The van der Waals surface area contributed by atoms with Crippen LogP contribution in [-0.4, -0.2) is 35.7 Å². The number of aryl methyl sites for hydroxylation is 4. The summed E-state index contributed by atoms with van der Waals surface area (Å²) in [5.41, 5.74) is 2.09. The molecule has 0 atom stereocenters. The fraction of sp³-hybridized carbons (Fsp3) is 0.182. The van der Waals surface area contributed by atoms with Crippen LogP contribution < -0.4 is 0 Å². The van der Waals surface area contributed by atoms with E-state index >= 15 is 0 Å². The largest absolute Gasteiger partial charge is 0.508 e. The minimum absolute atomic E-state index is 0.0761. The van der Waals surface area contributed by atoms with Gasteiger partial charge in [-0.05, 0) is 78.3 Å². The van der Waals surface area contributed by atoms with Crippen molar-refractivity contribution in [3.05, 3.63) is 64.7 Å². The molecule has 7 nitrogen and oxygen atoms in total. The van der Waals surface area contributed by atoms with Gasteiger partial charge in [0.05, 0.1) is 0 Å². The molecule has 0 aliphatic carbocycles. The Balaban J connectivity index is 1.80. The highest BCUT2D eigenvalue weighted by Crippen LogP contribution is 2.41. The van der Waals surface area contributed by atoms with Gasteiger partial charge in [0.25, 0.3) is 0 Å². The molecule has 3 aromatic rings. The normalized spacial score (nSPS) is 10.9. The second kappa shape index (κ2) is 8.10. The molecule has 3 aromatic carbocycles. The topological polar surface area (TPSA) is 142 Å². The Morgan fingerprint density at radius 2 is 0.724 bits per heavy atom. The van der Waals surface area contributed by atoms with E-state index in [-0.39, 0.29) is 23.0 Å². The average molecular weight is 398 g/mol. The molecule has 0 unspecified atom stereocenters. The number of phenolic OH excluding ortho intramolecular Hbond substituents is 7. The van der Waals surface area contributed by atoms with Crippen molar-refractivity contribution in [2.24, 2.45) is 0 Å². The zero-order valence-corrected chi connectivity index (χ0v) is 15.5. The van der Waals surface area contributed by atoms with Gasteiger partial charge in [0, 0.05) is 12.1 Å². The molecule has 0 bridgehead atoms. The SMILES string of the molecule is Oc1cc(O)cc(CCc2cc(CCc3cc(O)cc(O)c3)c(O)c(O)c2O)c1. The quantitative estimate of drug-likeness (QED) is 0.316. The Hall–Kier alpha value is -3.74. The molecule has 0 saturated heterocycles. The third-order valence-corrected chi connectivity index (χ3v) is 4.70. The number of rotatable bonds is 6. The molecule has 0 fully saturated rings. The third-order valence-electron chi connectivity index (χ3n) is 4.70. The Labute approximate surface area is 167 Å². The molecule has 0 aromatic heterocycles. The number of hydrogen-bond donors (Lipinski definition) is 7. The first-order valence-electron chi connectivity index (χ1n) is 9.02. The number of benzene rings is 3. The summed E-state index contributed by atoms with van der Waals surface area (Å²) in [4.78, 5) is 0. The van der Waals surface area contributed by atoms with Crippen LogP contribution in [0.3, 0.4) is 0 Å². The fourth-order valence-corrected chi connectivity index (χ4v) is 3.30. The Kier molecular flexibility index (Phi) is 5.59. The molecular weight excluding hydrogens is 376 g/mol. The van der Waals surface area contributed by atoms with Crippen LogP contribution in [0.4, 0.5) is 0 Å². The lowest BCUT2D eigenvalue weighted by atomic mass is 9.96. The summed E-state index contributed by atoms with van der Waals surface area (Å²) in [5, 5.41) is 68.7. The average Bonchev–Trinajstić information content (AvgIpc) is 2.63. The molecular formula is C22H22O7. The van der Waals surface area contributed by atoms with Crippen molar-refractivity contribution in [3.63, 3.8) is 0 Å². The van der Waals surface area contributed by atoms with Gasteiger partial charge in [-0.15, -0.1) is 0 Å². The lowest BCUT2D eigenvalue weighted by molar-refractivity contribution is 0.362. The summed E-state index contributed by atoms with van der Waals surface area (Å²) in [7, 11) is 0. The van der Waals surface area contributed by atoms with E-state index in [1.165, 1.54) is 36.4 Å². The summed E-state index contributed by atoms with van der Waals surface area (Å²) in [5.74, 6) is -1.77. The first-order valence-corrected chi connectivity index (χ1v) is 9.02. The second-order valence-electron chi connectivity index (χ2n) is 6.96. The summed E-state index contributed by atoms with van der Waals surface area (Å²) >= 11 is 0. The van der Waals surface area contributed by atoms with E-state index in [0.29, 0.717) is 47.9 Å². The van der Waals surface area contributed by atoms with Gasteiger partial charge in [0.1, 0.15) is 23.0 Å². The number of hydrogen-bond acceptors (Lipinski definition) is 7. The van der Waals surface area contributed by atoms with Crippen LogP contribution in [0.5, 0.6) is 40.2 Å². The third kappa shape index (κ3) is 4.76. The molecule has 7 N–H and O–H groups in total. The number of phenols is 7. The summed E-state index contributed by atoms with van der Waals surface area (Å²) in [6.07, 6.45) is 1.34. The summed E-state index contributed by atoms with van der Waals surface area (Å²) < 4.78 is 0. The van der Waals surface area contributed by atoms with Crippen LogP contribution in [-0.2, 0) is 25.7 Å². The van der Waals surface area contributed by atoms with Crippen LogP contribution in [0.2, 0.25) is 0 Å². The van der Waals surface area contributed by atoms with Gasteiger partial charge in [-0.25, -0.2) is 0 Å². The van der Waals surface area contributed by atoms with E-state index in [9.17, 15) is 35.7 Å². The highest BCUT2D eigenvalue weighted by Gasteiger charge is 2.17. The molecule has 3 rings (SSSR count). The highest BCUT2D eigenvalue weighted by atomic mass is 16.3. The first kappa shape index (κ1) is 20.0. The lowest BCUT2D eigenvalue weighted by Crippen LogP contribution is -1.97. The highest BCUT2D eigenvalue weighted by molar-refractivity contribution is 5.58.